The Kier molecular flexibility index (Phi) is 4.09. The van der Waals surface area contributed by atoms with E-state index in [2.05, 4.69) is 9.71 Å². The van der Waals surface area contributed by atoms with E-state index in [1.165, 1.54) is 11.3 Å². The van der Waals surface area contributed by atoms with E-state index >= 15 is 0 Å². The predicted octanol–water partition coefficient (Wildman–Crippen LogP) is 2.15. The molecule has 0 aromatic carbocycles. The van der Waals surface area contributed by atoms with Crippen molar-refractivity contribution in [1.29, 1.82) is 0 Å². The van der Waals surface area contributed by atoms with E-state index in [-0.39, 0.29) is 6.04 Å². The zero-order valence-corrected chi connectivity index (χ0v) is 11.9. The molecule has 0 amide bonds. The number of sulfonamides is 1. The lowest BCUT2D eigenvalue weighted by molar-refractivity contribution is 0.559. The van der Waals surface area contributed by atoms with Gasteiger partial charge in [-0.2, -0.15) is 0 Å². The molecule has 1 N–H and O–H groups in total. The average molecular weight is 262 g/mol. The highest BCUT2D eigenvalue weighted by Gasteiger charge is 2.21. The van der Waals surface area contributed by atoms with Gasteiger partial charge in [0.25, 0.3) is 0 Å². The molecule has 1 aromatic rings. The van der Waals surface area contributed by atoms with Gasteiger partial charge in [-0.25, -0.2) is 18.1 Å². The second-order valence-electron chi connectivity index (χ2n) is 4.12. The maximum absolute atomic E-state index is 11.7. The van der Waals surface area contributed by atoms with Crippen molar-refractivity contribution in [2.24, 2.45) is 0 Å². The van der Waals surface area contributed by atoms with E-state index in [9.17, 15) is 8.42 Å². The minimum atomic E-state index is -3.22. The van der Waals surface area contributed by atoms with Gasteiger partial charge in [-0.15, -0.1) is 11.3 Å². The van der Waals surface area contributed by atoms with Gasteiger partial charge in [0.2, 0.25) is 10.0 Å². The molecule has 0 bridgehead atoms. The molecule has 0 spiro atoms. The first-order chi connectivity index (χ1) is 7.24. The molecule has 6 heteroatoms. The minimum absolute atomic E-state index is 0.210. The number of rotatable bonds is 4. The first kappa shape index (κ1) is 13.6. The molecule has 1 unspecified atom stereocenters. The summed E-state index contributed by atoms with van der Waals surface area (Å²) in [6.07, 6.45) is 0. The Balaban J connectivity index is 2.89. The monoisotopic (exact) mass is 262 g/mol. The Hall–Kier alpha value is -0.460. The quantitative estimate of drug-likeness (QED) is 0.904. The first-order valence-corrected chi connectivity index (χ1v) is 7.55. The van der Waals surface area contributed by atoms with Crippen LogP contribution in [0.5, 0.6) is 0 Å². The van der Waals surface area contributed by atoms with E-state index in [1.54, 1.807) is 13.8 Å². The number of aromatic nitrogens is 1. The molecule has 1 heterocycles. The van der Waals surface area contributed by atoms with Crippen LogP contribution in [0.15, 0.2) is 0 Å². The molecule has 0 saturated heterocycles. The van der Waals surface area contributed by atoms with Crippen LogP contribution in [0.25, 0.3) is 0 Å². The number of hydrogen-bond donors (Lipinski definition) is 1. The number of thiazole rings is 1. The highest BCUT2D eigenvalue weighted by Crippen LogP contribution is 2.25. The molecule has 0 saturated carbocycles. The van der Waals surface area contributed by atoms with Crippen molar-refractivity contribution in [2.45, 2.75) is 45.9 Å². The molecule has 16 heavy (non-hydrogen) atoms. The Morgan fingerprint density at radius 2 is 1.81 bits per heavy atom. The average Bonchev–Trinajstić information content (AvgIpc) is 2.44. The number of aryl methyl sites for hydroxylation is 2. The van der Waals surface area contributed by atoms with Gasteiger partial charge >= 0.3 is 0 Å². The van der Waals surface area contributed by atoms with Crippen molar-refractivity contribution in [1.82, 2.24) is 9.71 Å². The minimum Gasteiger partial charge on any atom is -0.247 e. The molecule has 1 atom stereocenters. The van der Waals surface area contributed by atoms with Crippen LogP contribution >= 0.6 is 11.3 Å². The van der Waals surface area contributed by atoms with Gasteiger partial charge in [-0.05, 0) is 34.6 Å². The lowest BCUT2D eigenvalue weighted by Gasteiger charge is -2.15. The molecular weight excluding hydrogens is 244 g/mol. The third kappa shape index (κ3) is 3.02. The molecule has 1 rings (SSSR count). The molecule has 0 aliphatic rings. The van der Waals surface area contributed by atoms with E-state index in [1.807, 2.05) is 20.8 Å². The van der Waals surface area contributed by atoms with E-state index in [0.29, 0.717) is 0 Å². The van der Waals surface area contributed by atoms with Crippen molar-refractivity contribution in [3.05, 3.63) is 15.6 Å². The molecule has 4 nitrogen and oxygen atoms in total. The van der Waals surface area contributed by atoms with Crippen LogP contribution in [0.1, 0.15) is 42.4 Å². The SMILES string of the molecule is Cc1nc(C)c(C(C)NS(=O)(=O)C(C)C)s1. The number of nitrogens with one attached hydrogen (secondary N) is 1. The van der Waals surface area contributed by atoms with Crippen molar-refractivity contribution >= 4 is 21.4 Å². The lowest BCUT2D eigenvalue weighted by Crippen LogP contribution is -2.32. The number of nitrogens with zero attached hydrogens (tertiary/aromatic N) is 1. The maximum Gasteiger partial charge on any atom is 0.214 e. The van der Waals surface area contributed by atoms with Crippen molar-refractivity contribution < 1.29 is 8.42 Å². The highest BCUT2D eigenvalue weighted by molar-refractivity contribution is 7.90. The van der Waals surface area contributed by atoms with Crippen molar-refractivity contribution in [3.8, 4) is 0 Å². The van der Waals surface area contributed by atoms with Gasteiger partial charge < -0.3 is 0 Å². The Labute approximate surface area is 101 Å². The van der Waals surface area contributed by atoms with Gasteiger partial charge in [0.15, 0.2) is 0 Å². The van der Waals surface area contributed by atoms with Gasteiger partial charge in [0, 0.05) is 4.88 Å². The normalized spacial score (nSPS) is 14.4. The third-order valence-corrected chi connectivity index (χ3v) is 5.47. The molecule has 0 aliphatic heterocycles. The fourth-order valence-electron chi connectivity index (χ4n) is 1.38. The van der Waals surface area contributed by atoms with Gasteiger partial charge in [-0.1, -0.05) is 0 Å². The second-order valence-corrected chi connectivity index (χ2v) is 7.62. The highest BCUT2D eigenvalue weighted by atomic mass is 32.2. The van der Waals surface area contributed by atoms with Crippen LogP contribution < -0.4 is 4.72 Å². The summed E-state index contributed by atoms with van der Waals surface area (Å²) in [5.74, 6) is 0. The Morgan fingerprint density at radius 3 is 2.19 bits per heavy atom. The molecule has 0 aliphatic carbocycles. The number of hydrogen-bond acceptors (Lipinski definition) is 4. The van der Waals surface area contributed by atoms with Crippen LogP contribution in [0, 0.1) is 13.8 Å². The largest absolute Gasteiger partial charge is 0.247 e. The Morgan fingerprint density at radius 1 is 1.25 bits per heavy atom. The van der Waals surface area contributed by atoms with Crippen LogP contribution in [0.4, 0.5) is 0 Å². The van der Waals surface area contributed by atoms with Crippen molar-refractivity contribution in [3.63, 3.8) is 0 Å². The fraction of sp³-hybridized carbons (Fsp3) is 0.700. The van der Waals surface area contributed by atoms with Crippen LogP contribution in [-0.4, -0.2) is 18.7 Å². The zero-order valence-electron chi connectivity index (χ0n) is 10.2. The maximum atomic E-state index is 11.7. The fourth-order valence-corrected chi connectivity index (χ4v) is 3.27. The van der Waals surface area contributed by atoms with Gasteiger partial charge in [0.1, 0.15) is 0 Å². The molecular formula is C10H18N2O2S2. The summed E-state index contributed by atoms with van der Waals surface area (Å²) in [4.78, 5) is 5.28. The zero-order chi connectivity index (χ0) is 12.5. The van der Waals surface area contributed by atoms with E-state index in [4.69, 9.17) is 0 Å². The van der Waals surface area contributed by atoms with Gasteiger partial charge in [-0.3, -0.25) is 0 Å². The molecule has 92 valence electrons. The molecule has 0 radical (unpaired) electrons. The summed E-state index contributed by atoms with van der Waals surface area (Å²) in [5.41, 5.74) is 0.904. The standard InChI is InChI=1S/C10H18N2O2S2/c1-6(2)16(13,14)12-8(4)10-7(3)11-9(5)15-10/h6,8,12H,1-5H3. The summed E-state index contributed by atoms with van der Waals surface area (Å²) in [6, 6.07) is -0.210. The second kappa shape index (κ2) is 4.81. The first-order valence-electron chi connectivity index (χ1n) is 5.19. The molecule has 0 fully saturated rings. The summed E-state index contributed by atoms with van der Waals surface area (Å²) < 4.78 is 26.1. The summed E-state index contributed by atoms with van der Waals surface area (Å²) >= 11 is 1.54. The topological polar surface area (TPSA) is 59.1 Å². The van der Waals surface area contributed by atoms with E-state index < -0.39 is 15.3 Å². The third-order valence-electron chi connectivity index (χ3n) is 2.29. The Bertz CT molecular complexity index is 463. The summed E-state index contributed by atoms with van der Waals surface area (Å²) in [6.45, 7) is 9.00. The smallest absolute Gasteiger partial charge is 0.214 e. The van der Waals surface area contributed by atoms with Crippen LogP contribution in [0.2, 0.25) is 0 Å². The summed E-state index contributed by atoms with van der Waals surface area (Å²) in [5, 5.41) is 0.548. The van der Waals surface area contributed by atoms with E-state index in [0.717, 1.165) is 15.6 Å². The molecule has 1 aromatic heterocycles. The van der Waals surface area contributed by atoms with Crippen LogP contribution in [-0.2, 0) is 10.0 Å². The lowest BCUT2D eigenvalue weighted by atomic mass is 10.2. The van der Waals surface area contributed by atoms with Crippen LogP contribution in [0.3, 0.4) is 0 Å². The van der Waals surface area contributed by atoms with Crippen molar-refractivity contribution in [2.75, 3.05) is 0 Å². The summed E-state index contributed by atoms with van der Waals surface area (Å²) in [7, 11) is -3.22. The van der Waals surface area contributed by atoms with Gasteiger partial charge in [0.05, 0.1) is 22.0 Å². The predicted molar refractivity (Wildman–Crippen MR) is 67.2 cm³/mol.